The Morgan fingerprint density at radius 2 is 1.92 bits per heavy atom. The van der Waals surface area contributed by atoms with Gasteiger partial charge >= 0.3 is 0 Å². The van der Waals surface area contributed by atoms with Crippen molar-refractivity contribution in [2.24, 2.45) is 0 Å². The Hall–Kier alpha value is -2.95. The van der Waals surface area contributed by atoms with Gasteiger partial charge in [-0.3, -0.25) is 14.2 Å². The number of hydrogen-bond donors (Lipinski definition) is 1. The monoisotopic (exact) mass is 321 g/mol. The lowest BCUT2D eigenvalue weighted by molar-refractivity contribution is -0.116. The quantitative estimate of drug-likeness (QED) is 0.803. The Bertz CT molecular complexity index is 960. The second kappa shape index (κ2) is 6.66. The third-order valence-corrected chi connectivity index (χ3v) is 4.10. The number of rotatable bonds is 4. The lowest BCUT2D eigenvalue weighted by Crippen LogP contribution is -2.23. The molecule has 0 aliphatic rings. The van der Waals surface area contributed by atoms with Crippen LogP contribution in [0.25, 0.3) is 10.9 Å². The van der Waals surface area contributed by atoms with Gasteiger partial charge in [-0.2, -0.15) is 0 Å². The molecule has 0 aliphatic carbocycles. The van der Waals surface area contributed by atoms with Crippen molar-refractivity contribution < 1.29 is 4.79 Å². The summed E-state index contributed by atoms with van der Waals surface area (Å²) in [6, 6.07) is 13.0. The van der Waals surface area contributed by atoms with Gasteiger partial charge in [0.25, 0.3) is 5.56 Å². The van der Waals surface area contributed by atoms with Crippen molar-refractivity contribution >= 4 is 22.5 Å². The molecule has 2 aromatic carbocycles. The molecule has 24 heavy (non-hydrogen) atoms. The van der Waals surface area contributed by atoms with Crippen molar-refractivity contribution in [3.05, 3.63) is 70.3 Å². The molecule has 0 fully saturated rings. The van der Waals surface area contributed by atoms with Crippen LogP contribution in [0.5, 0.6) is 0 Å². The standard InChI is InChI=1S/C19H19N3O2/c1-13-7-8-15(11-14(13)2)21-18(23)9-10-22-12-20-17-6-4-3-5-16(17)19(22)24/h3-8,11-12H,9-10H2,1-2H3,(H,21,23). The highest BCUT2D eigenvalue weighted by Crippen LogP contribution is 2.14. The van der Waals surface area contributed by atoms with Gasteiger partial charge in [-0.1, -0.05) is 18.2 Å². The number of nitrogens with zero attached hydrogens (tertiary/aromatic N) is 2. The highest BCUT2D eigenvalue weighted by atomic mass is 16.1. The average Bonchev–Trinajstić information content (AvgIpc) is 2.58. The first-order valence-corrected chi connectivity index (χ1v) is 7.86. The summed E-state index contributed by atoms with van der Waals surface area (Å²) in [5.41, 5.74) is 3.62. The van der Waals surface area contributed by atoms with Gasteiger partial charge in [-0.15, -0.1) is 0 Å². The van der Waals surface area contributed by atoms with Crippen molar-refractivity contribution in [3.63, 3.8) is 0 Å². The smallest absolute Gasteiger partial charge is 0.261 e. The number of benzene rings is 2. The normalized spacial score (nSPS) is 10.8. The average molecular weight is 321 g/mol. The van der Waals surface area contributed by atoms with E-state index in [2.05, 4.69) is 10.3 Å². The van der Waals surface area contributed by atoms with E-state index in [4.69, 9.17) is 0 Å². The number of carbonyl (C=O) groups is 1. The van der Waals surface area contributed by atoms with E-state index in [-0.39, 0.29) is 17.9 Å². The molecule has 1 aromatic heterocycles. The molecule has 1 heterocycles. The maximum absolute atomic E-state index is 12.4. The van der Waals surface area contributed by atoms with Crippen molar-refractivity contribution in [1.82, 2.24) is 9.55 Å². The summed E-state index contributed by atoms with van der Waals surface area (Å²) in [6.45, 7) is 4.33. The molecule has 0 atom stereocenters. The van der Waals surface area contributed by atoms with Crippen LogP contribution in [-0.4, -0.2) is 15.5 Å². The molecule has 3 rings (SSSR count). The van der Waals surface area contributed by atoms with E-state index in [9.17, 15) is 9.59 Å². The summed E-state index contributed by atoms with van der Waals surface area (Å²) in [6.07, 6.45) is 1.71. The minimum Gasteiger partial charge on any atom is -0.326 e. The van der Waals surface area contributed by atoms with Crippen LogP contribution in [0.3, 0.4) is 0 Å². The number of carbonyl (C=O) groups excluding carboxylic acids is 1. The Balaban J connectivity index is 1.69. The van der Waals surface area contributed by atoms with Crippen LogP contribution in [0.4, 0.5) is 5.69 Å². The summed E-state index contributed by atoms with van der Waals surface area (Å²) < 4.78 is 1.47. The first-order chi connectivity index (χ1) is 11.5. The van der Waals surface area contributed by atoms with Gasteiger partial charge in [0.05, 0.1) is 17.2 Å². The predicted octanol–water partition coefficient (Wildman–Crippen LogP) is 3.04. The Morgan fingerprint density at radius 3 is 2.71 bits per heavy atom. The number of hydrogen-bond acceptors (Lipinski definition) is 3. The van der Waals surface area contributed by atoms with Gasteiger partial charge in [0.1, 0.15) is 0 Å². The fraction of sp³-hybridized carbons (Fsp3) is 0.211. The Labute approximate surface area is 140 Å². The molecule has 5 nitrogen and oxygen atoms in total. The summed E-state index contributed by atoms with van der Waals surface area (Å²) in [5, 5.41) is 3.43. The summed E-state index contributed by atoms with van der Waals surface area (Å²) in [4.78, 5) is 28.7. The van der Waals surface area contributed by atoms with Crippen LogP contribution in [0.1, 0.15) is 17.5 Å². The highest BCUT2D eigenvalue weighted by molar-refractivity contribution is 5.90. The van der Waals surface area contributed by atoms with E-state index < -0.39 is 0 Å². The maximum Gasteiger partial charge on any atom is 0.261 e. The van der Waals surface area contributed by atoms with E-state index in [1.54, 1.807) is 12.1 Å². The molecular formula is C19H19N3O2. The Kier molecular flexibility index (Phi) is 4.42. The molecule has 1 amide bonds. The van der Waals surface area contributed by atoms with Crippen molar-refractivity contribution in [2.45, 2.75) is 26.8 Å². The second-order valence-electron chi connectivity index (χ2n) is 5.86. The molecule has 1 N–H and O–H groups in total. The van der Waals surface area contributed by atoms with E-state index in [1.807, 2.05) is 44.2 Å². The molecule has 0 spiro atoms. The second-order valence-corrected chi connectivity index (χ2v) is 5.86. The first kappa shape index (κ1) is 15.9. The van der Waals surface area contributed by atoms with Gasteiger partial charge < -0.3 is 5.32 Å². The molecule has 3 aromatic rings. The highest BCUT2D eigenvalue weighted by Gasteiger charge is 2.07. The molecule has 0 radical (unpaired) electrons. The number of aromatic nitrogens is 2. The lowest BCUT2D eigenvalue weighted by atomic mass is 10.1. The van der Waals surface area contributed by atoms with E-state index in [1.165, 1.54) is 16.5 Å². The van der Waals surface area contributed by atoms with Crippen LogP contribution in [-0.2, 0) is 11.3 Å². The number of anilines is 1. The van der Waals surface area contributed by atoms with E-state index >= 15 is 0 Å². The van der Waals surface area contributed by atoms with Crippen LogP contribution in [0.15, 0.2) is 53.6 Å². The van der Waals surface area contributed by atoms with Crippen LogP contribution < -0.4 is 10.9 Å². The lowest BCUT2D eigenvalue weighted by Gasteiger charge is -2.09. The Morgan fingerprint density at radius 1 is 1.12 bits per heavy atom. The zero-order valence-electron chi connectivity index (χ0n) is 13.7. The first-order valence-electron chi connectivity index (χ1n) is 7.86. The fourth-order valence-corrected chi connectivity index (χ4v) is 2.53. The predicted molar refractivity (Wildman–Crippen MR) is 95.2 cm³/mol. The molecule has 5 heteroatoms. The molecule has 0 bridgehead atoms. The topological polar surface area (TPSA) is 64.0 Å². The molecule has 0 unspecified atom stereocenters. The molecule has 0 aliphatic heterocycles. The summed E-state index contributed by atoms with van der Waals surface area (Å²) in [5.74, 6) is -0.127. The molecule has 122 valence electrons. The third kappa shape index (κ3) is 3.35. The van der Waals surface area contributed by atoms with Crippen LogP contribution in [0, 0.1) is 13.8 Å². The van der Waals surface area contributed by atoms with Gasteiger partial charge in [0.2, 0.25) is 5.91 Å². The maximum atomic E-state index is 12.4. The van der Waals surface area contributed by atoms with Crippen molar-refractivity contribution in [3.8, 4) is 0 Å². The number of amides is 1. The van der Waals surface area contributed by atoms with Gasteiger partial charge in [0.15, 0.2) is 0 Å². The van der Waals surface area contributed by atoms with Crippen molar-refractivity contribution in [2.75, 3.05) is 5.32 Å². The van der Waals surface area contributed by atoms with Gasteiger partial charge in [-0.25, -0.2) is 4.98 Å². The van der Waals surface area contributed by atoms with E-state index in [0.29, 0.717) is 17.4 Å². The third-order valence-electron chi connectivity index (χ3n) is 4.10. The number of nitrogens with one attached hydrogen (secondary N) is 1. The zero-order valence-corrected chi connectivity index (χ0v) is 13.7. The SMILES string of the molecule is Cc1ccc(NC(=O)CCn2cnc3ccccc3c2=O)cc1C. The number of fused-ring (bicyclic) bond motifs is 1. The van der Waals surface area contributed by atoms with Gasteiger partial charge in [0, 0.05) is 18.7 Å². The number of aryl methyl sites for hydroxylation is 3. The molecular weight excluding hydrogens is 302 g/mol. The van der Waals surface area contributed by atoms with Crippen molar-refractivity contribution in [1.29, 1.82) is 0 Å². The van der Waals surface area contributed by atoms with Crippen LogP contribution in [0.2, 0.25) is 0 Å². The zero-order chi connectivity index (χ0) is 17.1. The molecule has 0 saturated carbocycles. The largest absolute Gasteiger partial charge is 0.326 e. The van der Waals surface area contributed by atoms with Crippen LogP contribution >= 0.6 is 0 Å². The van der Waals surface area contributed by atoms with E-state index in [0.717, 1.165) is 11.3 Å². The summed E-state index contributed by atoms with van der Waals surface area (Å²) >= 11 is 0. The summed E-state index contributed by atoms with van der Waals surface area (Å²) in [7, 11) is 0. The fourth-order valence-electron chi connectivity index (χ4n) is 2.53. The number of para-hydroxylation sites is 1. The minimum atomic E-state index is -0.127. The minimum absolute atomic E-state index is 0.125. The molecule has 0 saturated heterocycles. The van der Waals surface area contributed by atoms with Gasteiger partial charge in [-0.05, 0) is 49.2 Å².